The predicted molar refractivity (Wildman–Crippen MR) is 96.6 cm³/mol. The van der Waals surface area contributed by atoms with Gasteiger partial charge in [-0.3, -0.25) is 14.5 Å². The van der Waals surface area contributed by atoms with Crippen LogP contribution in [0.4, 0.5) is 11.8 Å². The van der Waals surface area contributed by atoms with Gasteiger partial charge >= 0.3 is 0 Å². The minimum atomic E-state index is -0.161. The molecule has 10 heteroatoms. The molecule has 0 aromatic carbocycles. The van der Waals surface area contributed by atoms with Crippen LogP contribution < -0.4 is 20.5 Å². The molecule has 136 valence electrons. The number of hydrogen-bond donors (Lipinski definition) is 2. The summed E-state index contributed by atoms with van der Waals surface area (Å²) < 4.78 is 6.74. The fourth-order valence-corrected chi connectivity index (χ4v) is 3.15. The quantitative estimate of drug-likeness (QED) is 0.696. The van der Waals surface area contributed by atoms with Crippen LogP contribution in [-0.4, -0.2) is 56.0 Å². The van der Waals surface area contributed by atoms with Gasteiger partial charge in [-0.25, -0.2) is 9.97 Å². The van der Waals surface area contributed by atoms with E-state index in [1.165, 1.54) is 12.5 Å². The number of nitrogens with zero attached hydrogens (tertiary/aromatic N) is 6. The molecule has 3 aromatic heterocycles. The maximum absolute atomic E-state index is 12.2. The Bertz CT molecular complexity index is 974. The van der Waals surface area contributed by atoms with Crippen LogP contribution in [0, 0.1) is 0 Å². The number of aryl methyl sites for hydroxylation is 1. The molecule has 2 N–H and O–H groups in total. The van der Waals surface area contributed by atoms with E-state index in [-0.39, 0.29) is 11.6 Å². The van der Waals surface area contributed by atoms with E-state index in [1.54, 1.807) is 24.9 Å². The fraction of sp³-hybridized carbons (Fsp3) is 0.438. The number of H-pyrrole nitrogens is 1. The molecule has 1 aliphatic heterocycles. The van der Waals surface area contributed by atoms with Crippen molar-refractivity contribution in [2.75, 3.05) is 30.4 Å². The van der Waals surface area contributed by atoms with E-state index < -0.39 is 0 Å². The molecule has 0 bridgehead atoms. The lowest BCUT2D eigenvalue weighted by Gasteiger charge is -2.32. The molecule has 1 saturated heterocycles. The molecule has 0 aliphatic carbocycles. The van der Waals surface area contributed by atoms with E-state index in [1.807, 2.05) is 0 Å². The lowest BCUT2D eigenvalue weighted by molar-refractivity contribution is 0.397. The molecule has 3 aromatic rings. The van der Waals surface area contributed by atoms with Gasteiger partial charge in [0.15, 0.2) is 5.65 Å². The van der Waals surface area contributed by atoms with Gasteiger partial charge in [0, 0.05) is 32.2 Å². The maximum atomic E-state index is 12.2. The third-order valence-electron chi connectivity index (χ3n) is 4.59. The zero-order valence-electron chi connectivity index (χ0n) is 14.6. The molecule has 0 unspecified atom stereocenters. The van der Waals surface area contributed by atoms with Crippen LogP contribution in [0.2, 0.25) is 0 Å². The molecule has 4 heterocycles. The van der Waals surface area contributed by atoms with Crippen molar-refractivity contribution in [3.05, 3.63) is 28.9 Å². The fourth-order valence-electron chi connectivity index (χ4n) is 3.15. The highest BCUT2D eigenvalue weighted by atomic mass is 16.5. The summed E-state index contributed by atoms with van der Waals surface area (Å²) in [7, 11) is 3.36. The number of piperidine rings is 1. The summed E-state index contributed by atoms with van der Waals surface area (Å²) in [5.41, 5.74) is 0.434. The van der Waals surface area contributed by atoms with Gasteiger partial charge < -0.3 is 15.0 Å². The number of ether oxygens (including phenoxy) is 1. The molecule has 0 spiro atoms. The van der Waals surface area contributed by atoms with Gasteiger partial charge in [0.05, 0.1) is 13.3 Å². The molecule has 1 fully saturated rings. The van der Waals surface area contributed by atoms with Gasteiger partial charge in [-0.1, -0.05) is 0 Å². The van der Waals surface area contributed by atoms with Gasteiger partial charge in [0.1, 0.15) is 17.5 Å². The Hall–Kier alpha value is -3.17. The van der Waals surface area contributed by atoms with Gasteiger partial charge in [0.25, 0.3) is 5.56 Å². The Balaban J connectivity index is 1.45. The molecule has 26 heavy (non-hydrogen) atoms. The highest BCUT2D eigenvalue weighted by Gasteiger charge is 2.22. The van der Waals surface area contributed by atoms with Crippen molar-refractivity contribution in [1.82, 2.24) is 29.7 Å². The summed E-state index contributed by atoms with van der Waals surface area (Å²) in [5.74, 6) is 1.87. The zero-order valence-corrected chi connectivity index (χ0v) is 14.6. The van der Waals surface area contributed by atoms with Crippen LogP contribution in [0.25, 0.3) is 11.0 Å². The normalized spacial score (nSPS) is 15.4. The van der Waals surface area contributed by atoms with Crippen LogP contribution >= 0.6 is 0 Å². The number of fused-ring (bicyclic) bond motifs is 1. The Kier molecular flexibility index (Phi) is 4.15. The monoisotopic (exact) mass is 356 g/mol. The smallest absolute Gasteiger partial charge is 0.263 e. The number of aromatic nitrogens is 6. The highest BCUT2D eigenvalue weighted by molar-refractivity contribution is 5.74. The van der Waals surface area contributed by atoms with E-state index >= 15 is 0 Å². The first-order valence-corrected chi connectivity index (χ1v) is 8.43. The molecule has 1 aliphatic rings. The Morgan fingerprint density at radius 1 is 1.31 bits per heavy atom. The van der Waals surface area contributed by atoms with Crippen molar-refractivity contribution >= 4 is 22.8 Å². The SMILES string of the molecule is COc1cc(NC2CCN(c3nc4c(cnn4C)c(=O)[nH]3)CC2)ncn1. The topological polar surface area (TPSA) is 114 Å². The number of anilines is 2. The predicted octanol–water partition coefficient (Wildman–Crippen LogP) is 0.536. The van der Waals surface area contributed by atoms with Crippen molar-refractivity contribution < 1.29 is 4.74 Å². The Morgan fingerprint density at radius 2 is 2.12 bits per heavy atom. The number of methoxy groups -OCH3 is 1. The Labute approximate surface area is 149 Å². The minimum absolute atomic E-state index is 0.161. The van der Waals surface area contributed by atoms with Crippen LogP contribution in [0.1, 0.15) is 12.8 Å². The summed E-state index contributed by atoms with van der Waals surface area (Å²) in [6, 6.07) is 2.07. The lowest BCUT2D eigenvalue weighted by Crippen LogP contribution is -2.40. The average Bonchev–Trinajstić information content (AvgIpc) is 3.04. The van der Waals surface area contributed by atoms with Crippen LogP contribution in [0.5, 0.6) is 5.88 Å². The second-order valence-electron chi connectivity index (χ2n) is 6.25. The Morgan fingerprint density at radius 3 is 2.88 bits per heavy atom. The van der Waals surface area contributed by atoms with E-state index in [0.29, 0.717) is 22.9 Å². The molecule has 0 radical (unpaired) electrons. The van der Waals surface area contributed by atoms with Crippen molar-refractivity contribution in [1.29, 1.82) is 0 Å². The second kappa shape index (κ2) is 6.62. The van der Waals surface area contributed by atoms with E-state index in [9.17, 15) is 4.79 Å². The molecule has 10 nitrogen and oxygen atoms in total. The summed E-state index contributed by atoms with van der Waals surface area (Å²) in [6.45, 7) is 1.57. The number of rotatable bonds is 4. The first-order chi connectivity index (χ1) is 12.6. The van der Waals surface area contributed by atoms with Gasteiger partial charge in [-0.05, 0) is 12.8 Å². The summed E-state index contributed by atoms with van der Waals surface area (Å²) in [5, 5.41) is 8.01. The van der Waals surface area contributed by atoms with Gasteiger partial charge in [-0.2, -0.15) is 10.1 Å². The largest absolute Gasteiger partial charge is 0.481 e. The van der Waals surface area contributed by atoms with Gasteiger partial charge in [-0.15, -0.1) is 0 Å². The highest BCUT2D eigenvalue weighted by Crippen LogP contribution is 2.20. The molecule has 4 rings (SSSR count). The molecule has 0 saturated carbocycles. The third kappa shape index (κ3) is 3.05. The first kappa shape index (κ1) is 16.3. The van der Waals surface area contributed by atoms with Crippen molar-refractivity contribution in [2.24, 2.45) is 7.05 Å². The van der Waals surface area contributed by atoms with E-state index in [4.69, 9.17) is 4.74 Å². The van der Waals surface area contributed by atoms with E-state index in [0.717, 1.165) is 31.7 Å². The second-order valence-corrected chi connectivity index (χ2v) is 6.25. The summed E-state index contributed by atoms with van der Waals surface area (Å²) in [4.78, 5) is 30.0. The molecule has 0 atom stereocenters. The van der Waals surface area contributed by atoms with Crippen molar-refractivity contribution in [3.8, 4) is 5.88 Å². The van der Waals surface area contributed by atoms with Gasteiger partial charge in [0.2, 0.25) is 11.8 Å². The molecular formula is C16H20N8O2. The third-order valence-corrected chi connectivity index (χ3v) is 4.59. The maximum Gasteiger partial charge on any atom is 0.263 e. The lowest BCUT2D eigenvalue weighted by atomic mass is 10.1. The zero-order chi connectivity index (χ0) is 18.1. The van der Waals surface area contributed by atoms with Crippen LogP contribution in [-0.2, 0) is 7.05 Å². The van der Waals surface area contributed by atoms with E-state index in [2.05, 4.69) is 35.3 Å². The number of nitrogens with one attached hydrogen (secondary N) is 2. The summed E-state index contributed by atoms with van der Waals surface area (Å²) >= 11 is 0. The standard InChI is InChI=1S/C16H20N8O2/c1-23-14-11(8-19-23)15(25)22-16(21-14)24-5-3-10(4-6-24)20-12-7-13(26-2)18-9-17-12/h7-10H,3-6H2,1-2H3,(H,17,18,20)(H,21,22,25). The van der Waals surface area contributed by atoms with Crippen LogP contribution in [0.15, 0.2) is 23.4 Å². The van der Waals surface area contributed by atoms with Crippen LogP contribution in [0.3, 0.4) is 0 Å². The summed E-state index contributed by atoms with van der Waals surface area (Å²) in [6.07, 6.45) is 4.82. The van der Waals surface area contributed by atoms with Crippen molar-refractivity contribution in [2.45, 2.75) is 18.9 Å². The number of aromatic amines is 1. The minimum Gasteiger partial charge on any atom is -0.481 e. The number of hydrogen-bond acceptors (Lipinski definition) is 8. The molecule has 0 amide bonds. The van der Waals surface area contributed by atoms with Crippen molar-refractivity contribution in [3.63, 3.8) is 0 Å². The molecular weight excluding hydrogens is 336 g/mol. The first-order valence-electron chi connectivity index (χ1n) is 8.43. The average molecular weight is 356 g/mol.